The molecule has 0 saturated heterocycles. The molecule has 0 aromatic heterocycles. The first-order valence-electron chi connectivity index (χ1n) is 6.84. The Hall–Kier alpha value is -0.420. The van der Waals surface area contributed by atoms with Crippen LogP contribution in [0, 0.1) is 0 Å². The van der Waals surface area contributed by atoms with Gasteiger partial charge in [-0.2, -0.15) is 0 Å². The number of hydrogen-bond acceptors (Lipinski definition) is 3. The van der Waals surface area contributed by atoms with Crippen LogP contribution in [0.3, 0.4) is 0 Å². The van der Waals surface area contributed by atoms with Crippen LogP contribution in [0.5, 0.6) is 0 Å². The van der Waals surface area contributed by atoms with Crippen molar-refractivity contribution in [2.24, 2.45) is 0 Å². The van der Waals surface area contributed by atoms with E-state index in [-0.39, 0.29) is 0 Å². The predicted octanol–water partition coefficient (Wildman–Crippen LogP) is 3.07. The molecule has 0 spiro atoms. The van der Waals surface area contributed by atoms with E-state index in [1.807, 2.05) is 0 Å². The summed E-state index contributed by atoms with van der Waals surface area (Å²) in [4.78, 5) is 2.13. The van der Waals surface area contributed by atoms with E-state index in [0.717, 1.165) is 37.2 Å². The first-order valence-corrected chi connectivity index (χ1v) is 7.64. The van der Waals surface area contributed by atoms with E-state index in [9.17, 15) is 0 Å². The summed E-state index contributed by atoms with van der Waals surface area (Å²) >= 11 is 3.46. The lowest BCUT2D eigenvalue weighted by molar-refractivity contribution is 0.117. The number of likely N-dealkylation sites (N-methyl/N-ethyl adjacent to an activating group) is 1. The lowest BCUT2D eigenvalue weighted by Crippen LogP contribution is -2.26. The second kappa shape index (κ2) is 9.48. The molecule has 0 bridgehead atoms. The molecule has 1 aromatic carbocycles. The zero-order valence-electron chi connectivity index (χ0n) is 12.2. The average Bonchev–Trinajstić information content (AvgIpc) is 2.39. The Morgan fingerprint density at radius 3 is 2.47 bits per heavy atom. The van der Waals surface area contributed by atoms with Crippen LogP contribution in [0.4, 0.5) is 0 Å². The maximum Gasteiger partial charge on any atom is 0.0593 e. The van der Waals surface area contributed by atoms with Gasteiger partial charge in [0, 0.05) is 23.6 Å². The topological polar surface area (TPSA) is 24.5 Å². The maximum atomic E-state index is 5.58. The first-order chi connectivity index (χ1) is 9.13. The maximum absolute atomic E-state index is 5.58. The quantitative estimate of drug-likeness (QED) is 0.705. The summed E-state index contributed by atoms with van der Waals surface area (Å²) in [6.45, 7) is 5.63. The molecule has 1 unspecified atom stereocenters. The molecular formula is C15H25BrN2O. The number of benzene rings is 1. The molecule has 0 saturated carbocycles. The normalized spacial score (nSPS) is 12.9. The van der Waals surface area contributed by atoms with Gasteiger partial charge >= 0.3 is 0 Å². The highest BCUT2D eigenvalue weighted by atomic mass is 79.9. The number of rotatable bonds is 9. The molecule has 0 aliphatic heterocycles. The zero-order valence-corrected chi connectivity index (χ0v) is 13.7. The van der Waals surface area contributed by atoms with Gasteiger partial charge in [-0.15, -0.1) is 0 Å². The van der Waals surface area contributed by atoms with E-state index in [1.165, 1.54) is 5.56 Å². The van der Waals surface area contributed by atoms with Crippen LogP contribution in [0.1, 0.15) is 24.9 Å². The third-order valence-electron chi connectivity index (χ3n) is 3.00. The molecular weight excluding hydrogens is 304 g/mol. The van der Waals surface area contributed by atoms with Crippen LogP contribution in [0.15, 0.2) is 28.7 Å². The molecule has 1 rings (SSSR count). The van der Waals surface area contributed by atoms with Gasteiger partial charge in [-0.05, 0) is 38.2 Å². The predicted molar refractivity (Wildman–Crippen MR) is 84.5 cm³/mol. The molecule has 0 aliphatic carbocycles. The van der Waals surface area contributed by atoms with Gasteiger partial charge in [-0.25, -0.2) is 0 Å². The standard InChI is InChI=1S/C15H25BrN2O/c1-4-15(13-5-7-14(16)8-6-13)17-9-11-19-12-10-18(2)3/h5-8,15,17H,4,9-12H2,1-3H3. The molecule has 0 fully saturated rings. The fourth-order valence-corrected chi connectivity index (χ4v) is 2.11. The van der Waals surface area contributed by atoms with Crippen molar-refractivity contribution in [3.8, 4) is 0 Å². The zero-order chi connectivity index (χ0) is 14.1. The van der Waals surface area contributed by atoms with E-state index < -0.39 is 0 Å². The Morgan fingerprint density at radius 2 is 1.89 bits per heavy atom. The van der Waals surface area contributed by atoms with Crippen LogP contribution >= 0.6 is 15.9 Å². The average molecular weight is 329 g/mol. The summed E-state index contributed by atoms with van der Waals surface area (Å²) in [5, 5.41) is 3.54. The van der Waals surface area contributed by atoms with Crippen molar-refractivity contribution in [1.82, 2.24) is 10.2 Å². The Morgan fingerprint density at radius 1 is 1.21 bits per heavy atom. The highest BCUT2D eigenvalue weighted by Gasteiger charge is 2.07. The van der Waals surface area contributed by atoms with Gasteiger partial charge in [0.25, 0.3) is 0 Å². The highest BCUT2D eigenvalue weighted by molar-refractivity contribution is 9.10. The number of nitrogens with one attached hydrogen (secondary N) is 1. The summed E-state index contributed by atoms with van der Waals surface area (Å²) in [7, 11) is 4.12. The molecule has 1 N–H and O–H groups in total. The molecule has 0 radical (unpaired) electrons. The van der Waals surface area contributed by atoms with Crippen molar-refractivity contribution in [2.45, 2.75) is 19.4 Å². The minimum atomic E-state index is 0.408. The summed E-state index contributed by atoms with van der Waals surface area (Å²) in [6, 6.07) is 8.92. The second-order valence-corrected chi connectivity index (χ2v) is 5.80. The van der Waals surface area contributed by atoms with Gasteiger partial charge in [-0.1, -0.05) is 35.0 Å². The highest BCUT2D eigenvalue weighted by Crippen LogP contribution is 2.19. The Balaban J connectivity index is 2.24. The van der Waals surface area contributed by atoms with Gasteiger partial charge in [0.2, 0.25) is 0 Å². The van der Waals surface area contributed by atoms with Crippen LogP contribution < -0.4 is 5.32 Å². The molecule has 0 aliphatic rings. The van der Waals surface area contributed by atoms with Crippen molar-refractivity contribution >= 4 is 15.9 Å². The van der Waals surface area contributed by atoms with Crippen molar-refractivity contribution in [3.63, 3.8) is 0 Å². The molecule has 0 heterocycles. The van der Waals surface area contributed by atoms with Gasteiger partial charge in [0.1, 0.15) is 0 Å². The van der Waals surface area contributed by atoms with Crippen molar-refractivity contribution in [3.05, 3.63) is 34.3 Å². The Bertz CT molecular complexity index is 341. The molecule has 1 aromatic rings. The molecule has 0 amide bonds. The van der Waals surface area contributed by atoms with Crippen molar-refractivity contribution in [1.29, 1.82) is 0 Å². The fourth-order valence-electron chi connectivity index (χ4n) is 1.85. The lowest BCUT2D eigenvalue weighted by atomic mass is 10.1. The minimum absolute atomic E-state index is 0.408. The monoisotopic (exact) mass is 328 g/mol. The van der Waals surface area contributed by atoms with Gasteiger partial charge in [-0.3, -0.25) is 0 Å². The number of halogens is 1. The molecule has 19 heavy (non-hydrogen) atoms. The summed E-state index contributed by atoms with van der Waals surface area (Å²) in [5.41, 5.74) is 1.33. The van der Waals surface area contributed by atoms with E-state index in [4.69, 9.17) is 4.74 Å². The van der Waals surface area contributed by atoms with Crippen LogP contribution in [0.25, 0.3) is 0 Å². The SMILES string of the molecule is CCC(NCCOCCN(C)C)c1ccc(Br)cc1. The molecule has 108 valence electrons. The van der Waals surface area contributed by atoms with Crippen LogP contribution in [0.2, 0.25) is 0 Å². The molecule has 3 nitrogen and oxygen atoms in total. The van der Waals surface area contributed by atoms with Crippen molar-refractivity contribution in [2.75, 3.05) is 40.4 Å². The van der Waals surface area contributed by atoms with Crippen LogP contribution in [-0.4, -0.2) is 45.3 Å². The lowest BCUT2D eigenvalue weighted by Gasteiger charge is -2.18. The third kappa shape index (κ3) is 7.06. The molecule has 4 heteroatoms. The fraction of sp³-hybridized carbons (Fsp3) is 0.600. The van der Waals surface area contributed by atoms with Gasteiger partial charge in [0.05, 0.1) is 13.2 Å². The molecule has 1 atom stereocenters. The number of hydrogen-bond donors (Lipinski definition) is 1. The van der Waals surface area contributed by atoms with Crippen LogP contribution in [-0.2, 0) is 4.74 Å². The Kier molecular flexibility index (Phi) is 8.30. The third-order valence-corrected chi connectivity index (χ3v) is 3.53. The number of ether oxygens (including phenoxy) is 1. The van der Waals surface area contributed by atoms with E-state index in [2.05, 4.69) is 71.4 Å². The Labute approximate surface area is 125 Å². The summed E-state index contributed by atoms with van der Waals surface area (Å²) in [6.07, 6.45) is 1.08. The van der Waals surface area contributed by atoms with E-state index >= 15 is 0 Å². The second-order valence-electron chi connectivity index (χ2n) is 4.88. The number of nitrogens with zero attached hydrogens (tertiary/aromatic N) is 1. The smallest absolute Gasteiger partial charge is 0.0593 e. The van der Waals surface area contributed by atoms with Gasteiger partial charge in [0.15, 0.2) is 0 Å². The first kappa shape index (κ1) is 16.6. The van der Waals surface area contributed by atoms with E-state index in [0.29, 0.717) is 6.04 Å². The summed E-state index contributed by atoms with van der Waals surface area (Å²) < 4.78 is 6.71. The summed E-state index contributed by atoms with van der Waals surface area (Å²) in [5.74, 6) is 0. The minimum Gasteiger partial charge on any atom is -0.379 e. The van der Waals surface area contributed by atoms with Crippen molar-refractivity contribution < 1.29 is 4.74 Å². The largest absolute Gasteiger partial charge is 0.379 e. The van der Waals surface area contributed by atoms with E-state index in [1.54, 1.807) is 0 Å². The van der Waals surface area contributed by atoms with Gasteiger partial charge < -0.3 is 15.0 Å².